The summed E-state index contributed by atoms with van der Waals surface area (Å²) in [5.41, 5.74) is 0. The van der Waals surface area contributed by atoms with Crippen LogP contribution in [0.4, 0.5) is 14.4 Å². The molecule has 0 atom stereocenters. The molecule has 2 N–H and O–H groups in total. The van der Waals surface area contributed by atoms with Gasteiger partial charge in [-0.1, -0.05) is 0 Å². The van der Waals surface area contributed by atoms with Crippen LogP contribution in [0, 0.1) is 0 Å². The van der Waals surface area contributed by atoms with Gasteiger partial charge in [0.05, 0.1) is 0 Å². The molecule has 13 heteroatoms. The second-order valence-corrected chi connectivity index (χ2v) is 0.750. The van der Waals surface area contributed by atoms with Crippen LogP contribution < -0.4 is 30.6 Å². The Kier molecular flexibility index (Phi) is 67.6. The first-order valence-corrected chi connectivity index (χ1v) is 4.48. The van der Waals surface area contributed by atoms with E-state index in [2.05, 4.69) is 0 Å². The normalized spacial score (nSPS) is 5.38. The standard InChI is InChI=1S/3CH2O3.2H2O.2Zr/c3*2-1(3)4;;;;/h3*(H2,2,3,4);2*1H2;;/q;;;;;2*+4/p-8. The Morgan fingerprint density at radius 1 is 0.562 bits per heavy atom. The fourth-order valence-corrected chi connectivity index (χ4v) is 0. The van der Waals surface area contributed by atoms with Crippen LogP contribution in [0.25, 0.3) is 0 Å². The molecule has 0 fully saturated rings. The van der Waals surface area contributed by atoms with E-state index in [0.717, 1.165) is 0 Å². The molecular formula is C3H2O11Zr2. The second kappa shape index (κ2) is 36.6. The van der Waals surface area contributed by atoms with Gasteiger partial charge >= 0.3 is 56.7 Å². The summed E-state index contributed by atoms with van der Waals surface area (Å²) in [6, 6.07) is 0. The molecule has 0 saturated heterocycles. The summed E-state index contributed by atoms with van der Waals surface area (Å²) < 4.78 is 14.2. The Labute approximate surface area is 120 Å². The van der Waals surface area contributed by atoms with E-state index < -0.39 is 18.5 Å². The van der Waals surface area contributed by atoms with Gasteiger partial charge in [0.25, 0.3) is 0 Å². The maximum atomic E-state index is 8.33. The molecule has 0 aromatic heterocycles. The van der Waals surface area contributed by atoms with E-state index in [0.29, 0.717) is 50.3 Å². The monoisotopic (exact) mass is 394 g/mol. The number of carboxylic acid groups (broad SMARTS) is 6. The molecule has 0 bridgehead atoms. The van der Waals surface area contributed by atoms with Crippen LogP contribution in [0.15, 0.2) is 0 Å². The predicted molar refractivity (Wildman–Crippen MR) is 20.6 cm³/mol. The number of rotatable bonds is 0. The van der Waals surface area contributed by atoms with Crippen molar-refractivity contribution in [1.82, 2.24) is 0 Å². The van der Waals surface area contributed by atoms with Crippen molar-refractivity contribution in [3.63, 3.8) is 0 Å². The molecule has 0 saturated carbocycles. The minimum atomic E-state index is -2.33. The van der Waals surface area contributed by atoms with Crippen molar-refractivity contribution >= 4 is 18.5 Å². The van der Waals surface area contributed by atoms with Crippen molar-refractivity contribution in [1.29, 1.82) is 0 Å². The van der Waals surface area contributed by atoms with Gasteiger partial charge in [-0.25, -0.2) is 0 Å². The van der Waals surface area contributed by atoms with Crippen LogP contribution in [0.2, 0.25) is 0 Å². The van der Waals surface area contributed by atoms with Crippen molar-refractivity contribution in [3.8, 4) is 0 Å². The zero-order valence-corrected chi connectivity index (χ0v) is 12.0. The van der Waals surface area contributed by atoms with E-state index in [1.165, 1.54) is 0 Å². The first kappa shape index (κ1) is 29.6. The summed E-state index contributed by atoms with van der Waals surface area (Å²) in [7, 11) is 0. The van der Waals surface area contributed by atoms with Gasteiger partial charge in [-0.05, 0) is 18.5 Å². The summed E-state index contributed by atoms with van der Waals surface area (Å²) in [6.45, 7) is 0. The summed E-state index contributed by atoms with van der Waals surface area (Å²) in [6.07, 6.45) is -7.00. The van der Waals surface area contributed by atoms with Crippen LogP contribution in [0.3, 0.4) is 0 Å². The van der Waals surface area contributed by atoms with E-state index in [-0.39, 0.29) is 0 Å². The number of carbonyl (C=O) groups excluding carboxylic acids is 3. The molecule has 0 aromatic carbocycles. The second-order valence-electron chi connectivity index (χ2n) is 0.750. The van der Waals surface area contributed by atoms with Crippen LogP contribution in [0.1, 0.15) is 0 Å². The fourth-order valence-electron chi connectivity index (χ4n) is 0. The van der Waals surface area contributed by atoms with Crippen LogP contribution in [-0.4, -0.2) is 24.8 Å². The van der Waals surface area contributed by atoms with Crippen molar-refractivity contribution in [2.24, 2.45) is 0 Å². The third-order valence-corrected chi connectivity index (χ3v) is 0. The Balaban J connectivity index is -0.0000000327. The molecule has 0 spiro atoms. The van der Waals surface area contributed by atoms with E-state index >= 15 is 0 Å². The first-order valence-electron chi connectivity index (χ1n) is 2.28. The predicted octanol–water partition coefficient (Wildman–Crippen LogP) is -8.46. The van der Waals surface area contributed by atoms with E-state index in [9.17, 15) is 0 Å². The molecule has 0 unspecified atom stereocenters. The summed E-state index contributed by atoms with van der Waals surface area (Å²) in [5, 5.41) is 50.0. The van der Waals surface area contributed by atoms with Gasteiger partial charge in [-0.2, -0.15) is 0 Å². The van der Waals surface area contributed by atoms with Crippen LogP contribution in [0.5, 0.6) is 0 Å². The topological polar surface area (TPSA) is 230 Å². The average molecular weight is 396 g/mol. The van der Waals surface area contributed by atoms with Crippen molar-refractivity contribution < 1.29 is 102 Å². The Morgan fingerprint density at radius 3 is 0.562 bits per heavy atom. The van der Waals surface area contributed by atoms with Crippen LogP contribution >= 0.6 is 0 Å². The van der Waals surface area contributed by atoms with E-state index in [1.807, 2.05) is 0 Å². The maximum absolute atomic E-state index is 8.33. The van der Waals surface area contributed by atoms with E-state index in [4.69, 9.17) is 51.4 Å². The molecular weight excluding hydrogens is 394 g/mol. The first-order chi connectivity index (χ1) is 7.20. The van der Waals surface area contributed by atoms with Crippen molar-refractivity contribution in [2.75, 3.05) is 0 Å². The Hall–Kier alpha value is -0.504. The molecule has 0 radical (unpaired) electrons. The molecule has 0 aliphatic rings. The summed E-state index contributed by atoms with van der Waals surface area (Å²) in [4.78, 5) is 25.0. The zero-order valence-electron chi connectivity index (χ0n) is 7.07. The third-order valence-electron chi connectivity index (χ3n) is 0. The van der Waals surface area contributed by atoms with E-state index in [1.54, 1.807) is 0 Å². The molecule has 0 heterocycles. The third kappa shape index (κ3) is 8300. The molecule has 11 nitrogen and oxygen atoms in total. The fraction of sp³-hybridized carbons (Fsp3) is 0. The Morgan fingerprint density at radius 2 is 0.562 bits per heavy atom. The zero-order chi connectivity index (χ0) is 14.7. The molecule has 0 amide bonds. The van der Waals surface area contributed by atoms with Gasteiger partial charge in [0.1, 0.15) is 0 Å². The molecule has 0 aliphatic carbocycles. The SMILES string of the molecule is O=C([O-])[O-].O=C([O-])[O-].O=C([O-])[O-].[OH][Zr+3].[OH][Zr+3]. The minimum absolute atomic E-state index is 0.550. The van der Waals surface area contributed by atoms with Gasteiger partial charge in [0, 0.05) is 0 Å². The van der Waals surface area contributed by atoms with Crippen molar-refractivity contribution in [2.45, 2.75) is 0 Å². The summed E-state index contributed by atoms with van der Waals surface area (Å²) in [5.74, 6) is 0. The molecule has 0 aliphatic heterocycles. The van der Waals surface area contributed by atoms with Gasteiger partial charge in [-0.15, -0.1) is 0 Å². The number of hydrogen-bond acceptors (Lipinski definition) is 11. The van der Waals surface area contributed by atoms with Gasteiger partial charge in [0.15, 0.2) is 0 Å². The van der Waals surface area contributed by atoms with Crippen LogP contribution in [-0.2, 0) is 50.3 Å². The average Bonchev–Trinajstić information content (AvgIpc) is 2.07. The van der Waals surface area contributed by atoms with Gasteiger partial charge < -0.3 is 45.0 Å². The molecule has 88 valence electrons. The van der Waals surface area contributed by atoms with Gasteiger partial charge in [0.2, 0.25) is 0 Å². The van der Waals surface area contributed by atoms with Crippen molar-refractivity contribution in [3.05, 3.63) is 0 Å². The molecule has 0 rings (SSSR count). The molecule has 0 aromatic rings. The van der Waals surface area contributed by atoms with Gasteiger partial charge in [-0.3, -0.25) is 0 Å². The quantitative estimate of drug-likeness (QED) is 0.390. The summed E-state index contributed by atoms with van der Waals surface area (Å²) >= 11 is 1.10. The number of hydrogen-bond donors (Lipinski definition) is 2. The molecule has 16 heavy (non-hydrogen) atoms. The Bertz CT molecular complexity index is 117. The number of carbonyl (C=O) groups is 3.